The number of hydrogen-bond donors (Lipinski definition) is 2. The molecule has 1 saturated carbocycles. The summed E-state index contributed by atoms with van der Waals surface area (Å²) in [6.45, 7) is 0. The molecule has 0 radical (unpaired) electrons. The summed E-state index contributed by atoms with van der Waals surface area (Å²) in [6, 6.07) is 1.75. The van der Waals surface area contributed by atoms with Crippen LogP contribution in [-0.4, -0.2) is 15.8 Å². The van der Waals surface area contributed by atoms with Crippen molar-refractivity contribution in [1.29, 1.82) is 0 Å². The average Bonchev–Trinajstić information content (AvgIpc) is 2.74. The molecule has 78 valence electrons. The van der Waals surface area contributed by atoms with E-state index in [2.05, 4.69) is 0 Å². The van der Waals surface area contributed by atoms with Crippen LogP contribution in [0.1, 0.15) is 36.7 Å². The zero-order chi connectivity index (χ0) is 10.2. The molecule has 0 amide bonds. The molecule has 0 aliphatic heterocycles. The highest BCUT2D eigenvalue weighted by atomic mass is 35.5. The van der Waals surface area contributed by atoms with Crippen molar-refractivity contribution in [3.63, 3.8) is 0 Å². The first-order chi connectivity index (χ1) is 6.63. The lowest BCUT2D eigenvalue weighted by Gasteiger charge is -2.27. The van der Waals surface area contributed by atoms with Gasteiger partial charge in [0.1, 0.15) is 6.10 Å². The minimum Gasteiger partial charge on any atom is -0.387 e. The van der Waals surface area contributed by atoms with Gasteiger partial charge >= 0.3 is 0 Å². The van der Waals surface area contributed by atoms with Gasteiger partial charge in [0.25, 0.3) is 0 Å². The van der Waals surface area contributed by atoms with E-state index in [1.807, 2.05) is 5.38 Å². The fourth-order valence-electron chi connectivity index (χ4n) is 2.01. The maximum atomic E-state index is 10.2. The molecule has 1 aromatic rings. The Hall–Kier alpha value is -0.0900. The number of hydrogen-bond acceptors (Lipinski definition) is 3. The molecule has 1 aliphatic carbocycles. The molecule has 14 heavy (non-hydrogen) atoms. The fraction of sp³-hybridized carbons (Fsp3) is 0.600. The van der Waals surface area contributed by atoms with E-state index >= 15 is 0 Å². The van der Waals surface area contributed by atoms with E-state index in [9.17, 15) is 10.2 Å². The van der Waals surface area contributed by atoms with Crippen molar-refractivity contribution in [3.8, 4) is 0 Å². The number of thiophene rings is 1. The highest BCUT2D eigenvalue weighted by Crippen LogP contribution is 2.43. The molecule has 1 heterocycles. The minimum absolute atomic E-state index is 0.558. The van der Waals surface area contributed by atoms with Gasteiger partial charge in [-0.15, -0.1) is 11.3 Å². The minimum atomic E-state index is -0.950. The van der Waals surface area contributed by atoms with Gasteiger partial charge in [-0.05, 0) is 24.3 Å². The van der Waals surface area contributed by atoms with Crippen molar-refractivity contribution in [2.75, 3.05) is 0 Å². The molecular weight excluding hydrogens is 220 g/mol. The highest BCUT2D eigenvalue weighted by molar-refractivity contribution is 7.10. The fourth-order valence-corrected chi connectivity index (χ4v) is 3.26. The second-order valence-corrected chi connectivity index (χ2v) is 5.20. The molecule has 0 saturated heterocycles. The Kier molecular flexibility index (Phi) is 2.84. The molecule has 1 aliphatic rings. The van der Waals surface area contributed by atoms with Gasteiger partial charge in [0.15, 0.2) is 0 Å². The van der Waals surface area contributed by atoms with E-state index in [1.165, 1.54) is 11.3 Å². The van der Waals surface area contributed by atoms with Crippen LogP contribution in [0, 0.1) is 0 Å². The van der Waals surface area contributed by atoms with Crippen molar-refractivity contribution < 1.29 is 10.2 Å². The quantitative estimate of drug-likeness (QED) is 0.823. The van der Waals surface area contributed by atoms with Crippen molar-refractivity contribution in [1.82, 2.24) is 0 Å². The predicted octanol–water partition coefficient (Wildman–Crippen LogP) is 2.74. The van der Waals surface area contributed by atoms with E-state index in [1.54, 1.807) is 6.07 Å². The Morgan fingerprint density at radius 1 is 1.43 bits per heavy atom. The average molecular weight is 233 g/mol. The smallest absolute Gasteiger partial charge is 0.118 e. The van der Waals surface area contributed by atoms with Crippen molar-refractivity contribution in [3.05, 3.63) is 21.3 Å². The summed E-state index contributed by atoms with van der Waals surface area (Å²) in [5, 5.41) is 22.6. The summed E-state index contributed by atoms with van der Waals surface area (Å²) in [4.78, 5) is 0.691. The molecule has 4 heteroatoms. The molecule has 0 spiro atoms. The molecule has 2 rings (SSSR count). The lowest BCUT2D eigenvalue weighted by molar-refractivity contribution is -0.0702. The normalized spacial score (nSPS) is 22.5. The van der Waals surface area contributed by atoms with Crippen LogP contribution in [0.25, 0.3) is 0 Å². The van der Waals surface area contributed by atoms with Crippen LogP contribution in [0.5, 0.6) is 0 Å². The highest BCUT2D eigenvalue weighted by Gasteiger charge is 2.40. The number of aliphatic hydroxyl groups excluding tert-OH is 1. The first-order valence-corrected chi connectivity index (χ1v) is 6.02. The summed E-state index contributed by atoms with van der Waals surface area (Å²) in [5.41, 5.74) is -0.950. The van der Waals surface area contributed by atoms with Crippen LogP contribution in [0.2, 0.25) is 5.02 Å². The van der Waals surface area contributed by atoms with Crippen LogP contribution >= 0.6 is 22.9 Å². The van der Waals surface area contributed by atoms with Gasteiger partial charge < -0.3 is 10.2 Å². The number of halogens is 1. The molecular formula is C10H13ClO2S. The van der Waals surface area contributed by atoms with E-state index in [-0.39, 0.29) is 0 Å². The van der Waals surface area contributed by atoms with Gasteiger partial charge in [0.2, 0.25) is 0 Å². The third-order valence-corrected chi connectivity index (χ3v) is 4.28. The van der Waals surface area contributed by atoms with Crippen LogP contribution in [0.3, 0.4) is 0 Å². The van der Waals surface area contributed by atoms with E-state index in [0.717, 1.165) is 12.8 Å². The molecule has 2 nitrogen and oxygen atoms in total. The SMILES string of the molecule is OC(c1sccc1Cl)C1(O)CCCC1. The van der Waals surface area contributed by atoms with Crippen LogP contribution in [0.15, 0.2) is 11.4 Å². The van der Waals surface area contributed by atoms with Gasteiger partial charge in [0.05, 0.1) is 15.5 Å². The molecule has 1 atom stereocenters. The summed E-state index contributed by atoms with van der Waals surface area (Å²) >= 11 is 7.32. The van der Waals surface area contributed by atoms with E-state index in [0.29, 0.717) is 22.7 Å². The Morgan fingerprint density at radius 2 is 2.07 bits per heavy atom. The Morgan fingerprint density at radius 3 is 2.57 bits per heavy atom. The monoisotopic (exact) mass is 232 g/mol. The number of rotatable bonds is 2. The van der Waals surface area contributed by atoms with Crippen LogP contribution < -0.4 is 0 Å². The summed E-state index contributed by atoms with van der Waals surface area (Å²) < 4.78 is 0. The Labute approximate surface area is 92.1 Å². The molecule has 0 aromatic carbocycles. The summed E-state index contributed by atoms with van der Waals surface area (Å²) in [5.74, 6) is 0. The van der Waals surface area contributed by atoms with Crippen LogP contribution in [0.4, 0.5) is 0 Å². The standard InChI is InChI=1S/C10H13ClO2S/c11-7-3-6-14-8(7)9(12)10(13)4-1-2-5-10/h3,6,9,12-13H,1-2,4-5H2. The molecule has 1 unspecified atom stereocenters. The van der Waals surface area contributed by atoms with Gasteiger partial charge in [-0.3, -0.25) is 0 Å². The van der Waals surface area contributed by atoms with E-state index < -0.39 is 11.7 Å². The lowest BCUT2D eigenvalue weighted by atomic mass is 9.94. The third-order valence-electron chi connectivity index (χ3n) is 2.87. The van der Waals surface area contributed by atoms with Gasteiger partial charge in [0, 0.05) is 0 Å². The lowest BCUT2D eigenvalue weighted by Crippen LogP contribution is -2.32. The number of aliphatic hydroxyl groups is 2. The van der Waals surface area contributed by atoms with Crippen molar-refractivity contribution in [2.24, 2.45) is 0 Å². The summed E-state index contributed by atoms with van der Waals surface area (Å²) in [6.07, 6.45) is 2.48. The maximum absolute atomic E-state index is 10.2. The zero-order valence-electron chi connectivity index (χ0n) is 7.74. The zero-order valence-corrected chi connectivity index (χ0v) is 9.31. The van der Waals surface area contributed by atoms with Gasteiger partial charge in [-0.1, -0.05) is 24.4 Å². The van der Waals surface area contributed by atoms with Gasteiger partial charge in [-0.25, -0.2) is 0 Å². The topological polar surface area (TPSA) is 40.5 Å². The predicted molar refractivity (Wildman–Crippen MR) is 57.7 cm³/mol. The third kappa shape index (κ3) is 1.70. The maximum Gasteiger partial charge on any atom is 0.118 e. The molecule has 0 bridgehead atoms. The molecule has 1 fully saturated rings. The molecule has 1 aromatic heterocycles. The Balaban J connectivity index is 2.23. The first-order valence-electron chi connectivity index (χ1n) is 4.77. The van der Waals surface area contributed by atoms with Crippen molar-refractivity contribution in [2.45, 2.75) is 37.4 Å². The first kappa shape index (κ1) is 10.4. The summed E-state index contributed by atoms with van der Waals surface area (Å²) in [7, 11) is 0. The van der Waals surface area contributed by atoms with Gasteiger partial charge in [-0.2, -0.15) is 0 Å². The Bertz CT molecular complexity index is 318. The molecule has 2 N–H and O–H groups in total. The van der Waals surface area contributed by atoms with Crippen LogP contribution in [-0.2, 0) is 0 Å². The second-order valence-electron chi connectivity index (χ2n) is 3.85. The second kappa shape index (κ2) is 3.81. The largest absolute Gasteiger partial charge is 0.387 e. The van der Waals surface area contributed by atoms with Crippen molar-refractivity contribution >= 4 is 22.9 Å². The van der Waals surface area contributed by atoms with E-state index in [4.69, 9.17) is 11.6 Å².